The lowest BCUT2D eigenvalue weighted by Gasteiger charge is -2.04. The lowest BCUT2D eigenvalue weighted by atomic mass is 10.2. The Morgan fingerprint density at radius 2 is 2.10 bits per heavy atom. The zero-order chi connectivity index (χ0) is 14.5. The summed E-state index contributed by atoms with van der Waals surface area (Å²) >= 11 is 3.40. The van der Waals surface area contributed by atoms with Gasteiger partial charge in [0.05, 0.1) is 6.54 Å². The maximum absolute atomic E-state index is 9.18. The molecule has 1 aromatic heterocycles. The van der Waals surface area contributed by atoms with Crippen molar-refractivity contribution in [1.29, 1.82) is 5.26 Å². The van der Waals surface area contributed by atoms with Gasteiger partial charge in [0.1, 0.15) is 17.5 Å². The third-order valence-electron chi connectivity index (χ3n) is 2.89. The number of benzene rings is 1. The Morgan fingerprint density at radius 1 is 1.40 bits per heavy atom. The fraction of sp³-hybridized carbons (Fsp3) is 0.286. The Morgan fingerprint density at radius 3 is 2.70 bits per heavy atom. The zero-order valence-electron chi connectivity index (χ0n) is 11.2. The lowest BCUT2D eigenvalue weighted by molar-refractivity contribution is 0.698. The first kappa shape index (κ1) is 14.4. The van der Waals surface area contributed by atoms with E-state index in [-0.39, 0.29) is 0 Å². The number of hydrogen-bond acceptors (Lipinski definition) is 4. The van der Waals surface area contributed by atoms with Crippen LogP contribution in [0.2, 0.25) is 0 Å². The minimum absolute atomic E-state index is 0.397. The van der Waals surface area contributed by atoms with Gasteiger partial charge in [-0.1, -0.05) is 35.0 Å². The third kappa shape index (κ3) is 3.11. The summed E-state index contributed by atoms with van der Waals surface area (Å²) in [5.41, 5.74) is 7.48. The molecule has 1 aromatic carbocycles. The second-order valence-electron chi connectivity index (χ2n) is 4.43. The van der Waals surface area contributed by atoms with E-state index >= 15 is 0 Å². The standard InChI is InChI=1S/C14H16BrN5/c1-2-7-18-14-12(8-16)13(17)20(19-14)9-10-3-5-11(15)6-4-10/h3-6H,2,7,9,17H2,1H3,(H,18,19). The molecule has 0 fully saturated rings. The van der Waals surface area contributed by atoms with E-state index in [0.717, 1.165) is 23.0 Å². The number of anilines is 2. The highest BCUT2D eigenvalue weighted by Crippen LogP contribution is 2.22. The molecule has 6 heteroatoms. The molecule has 104 valence electrons. The number of aromatic nitrogens is 2. The fourth-order valence-electron chi connectivity index (χ4n) is 1.84. The quantitative estimate of drug-likeness (QED) is 0.881. The van der Waals surface area contributed by atoms with E-state index in [9.17, 15) is 5.26 Å². The van der Waals surface area contributed by atoms with E-state index < -0.39 is 0 Å². The van der Waals surface area contributed by atoms with Gasteiger partial charge in [-0.25, -0.2) is 4.68 Å². The molecule has 0 spiro atoms. The number of hydrogen-bond donors (Lipinski definition) is 2. The highest BCUT2D eigenvalue weighted by atomic mass is 79.9. The van der Waals surface area contributed by atoms with Crippen LogP contribution in [-0.4, -0.2) is 16.3 Å². The Kier molecular flexibility index (Phi) is 4.64. The number of rotatable bonds is 5. The Hall–Kier alpha value is -2.00. The normalized spacial score (nSPS) is 10.2. The molecule has 0 bridgehead atoms. The summed E-state index contributed by atoms with van der Waals surface area (Å²) in [4.78, 5) is 0. The van der Waals surface area contributed by atoms with Gasteiger partial charge in [0.15, 0.2) is 5.82 Å². The van der Waals surface area contributed by atoms with Gasteiger partial charge < -0.3 is 11.1 Å². The van der Waals surface area contributed by atoms with Crippen LogP contribution in [0.4, 0.5) is 11.6 Å². The van der Waals surface area contributed by atoms with Gasteiger partial charge in [-0.3, -0.25) is 0 Å². The maximum Gasteiger partial charge on any atom is 0.168 e. The van der Waals surface area contributed by atoms with Crippen molar-refractivity contribution in [3.8, 4) is 6.07 Å². The number of nitrogen functional groups attached to an aromatic ring is 1. The molecular weight excluding hydrogens is 318 g/mol. The average Bonchev–Trinajstić information content (AvgIpc) is 2.75. The summed E-state index contributed by atoms with van der Waals surface area (Å²) in [6.45, 7) is 3.37. The Balaban J connectivity index is 2.26. The van der Waals surface area contributed by atoms with E-state index in [1.165, 1.54) is 0 Å². The first-order chi connectivity index (χ1) is 9.65. The summed E-state index contributed by atoms with van der Waals surface area (Å²) in [5, 5.41) is 16.7. The Bertz CT molecular complexity index is 624. The summed E-state index contributed by atoms with van der Waals surface area (Å²) in [6.07, 6.45) is 0.963. The van der Waals surface area contributed by atoms with Crippen LogP contribution in [0.15, 0.2) is 28.7 Å². The summed E-state index contributed by atoms with van der Waals surface area (Å²) < 4.78 is 2.68. The number of nitrogens with one attached hydrogen (secondary N) is 1. The van der Waals surface area contributed by atoms with Gasteiger partial charge in [0.25, 0.3) is 0 Å². The summed E-state index contributed by atoms with van der Waals surface area (Å²) in [6, 6.07) is 10.0. The molecule has 0 saturated heterocycles. The highest BCUT2D eigenvalue weighted by molar-refractivity contribution is 9.10. The van der Waals surface area contributed by atoms with Crippen LogP contribution < -0.4 is 11.1 Å². The number of halogens is 1. The van der Waals surface area contributed by atoms with Gasteiger partial charge in [0.2, 0.25) is 0 Å². The highest BCUT2D eigenvalue weighted by Gasteiger charge is 2.15. The second kappa shape index (κ2) is 6.44. The molecule has 0 aliphatic carbocycles. The SMILES string of the molecule is CCCNc1nn(Cc2ccc(Br)cc2)c(N)c1C#N. The molecule has 20 heavy (non-hydrogen) atoms. The minimum atomic E-state index is 0.397. The van der Waals surface area contributed by atoms with E-state index in [4.69, 9.17) is 5.73 Å². The van der Waals surface area contributed by atoms with Crippen molar-refractivity contribution < 1.29 is 0 Å². The molecule has 0 unspecified atom stereocenters. The van der Waals surface area contributed by atoms with Crippen LogP contribution in [0.25, 0.3) is 0 Å². The second-order valence-corrected chi connectivity index (χ2v) is 5.35. The molecule has 0 aliphatic heterocycles. The predicted octanol–water partition coefficient (Wildman–Crippen LogP) is 2.97. The zero-order valence-corrected chi connectivity index (χ0v) is 12.8. The molecule has 1 heterocycles. The van der Waals surface area contributed by atoms with Gasteiger partial charge in [0, 0.05) is 11.0 Å². The van der Waals surface area contributed by atoms with E-state index in [0.29, 0.717) is 23.7 Å². The first-order valence-corrected chi connectivity index (χ1v) is 7.19. The van der Waals surface area contributed by atoms with E-state index in [2.05, 4.69) is 39.3 Å². The predicted molar refractivity (Wildman–Crippen MR) is 83.4 cm³/mol. The molecule has 0 amide bonds. The van der Waals surface area contributed by atoms with Crippen LogP contribution >= 0.6 is 15.9 Å². The van der Waals surface area contributed by atoms with Crippen molar-refractivity contribution in [2.75, 3.05) is 17.6 Å². The van der Waals surface area contributed by atoms with Crippen molar-refractivity contribution in [1.82, 2.24) is 9.78 Å². The van der Waals surface area contributed by atoms with Crippen molar-refractivity contribution in [2.45, 2.75) is 19.9 Å². The molecule has 0 saturated carbocycles. The average molecular weight is 334 g/mol. The van der Waals surface area contributed by atoms with Crippen LogP contribution in [0.1, 0.15) is 24.5 Å². The summed E-state index contributed by atoms with van der Waals surface area (Å²) in [7, 11) is 0. The Labute approximate surface area is 126 Å². The first-order valence-electron chi connectivity index (χ1n) is 6.40. The van der Waals surface area contributed by atoms with Crippen molar-refractivity contribution in [2.24, 2.45) is 0 Å². The van der Waals surface area contributed by atoms with E-state index in [1.807, 2.05) is 24.3 Å². The molecule has 0 radical (unpaired) electrons. The van der Waals surface area contributed by atoms with Crippen LogP contribution in [0.3, 0.4) is 0 Å². The molecule has 3 N–H and O–H groups in total. The van der Waals surface area contributed by atoms with Gasteiger partial charge in [-0.15, -0.1) is 0 Å². The van der Waals surface area contributed by atoms with Gasteiger partial charge in [-0.05, 0) is 24.1 Å². The van der Waals surface area contributed by atoms with E-state index in [1.54, 1.807) is 4.68 Å². The molecular formula is C14H16BrN5. The van der Waals surface area contributed by atoms with Gasteiger partial charge in [-0.2, -0.15) is 10.4 Å². The smallest absolute Gasteiger partial charge is 0.168 e. The molecule has 2 rings (SSSR count). The molecule has 0 atom stereocenters. The number of nitrogens with two attached hydrogens (primary N) is 1. The van der Waals surface area contributed by atoms with Gasteiger partial charge >= 0.3 is 0 Å². The van der Waals surface area contributed by atoms with Crippen LogP contribution in [0, 0.1) is 11.3 Å². The fourth-order valence-corrected chi connectivity index (χ4v) is 2.10. The van der Waals surface area contributed by atoms with Crippen molar-refractivity contribution in [3.05, 3.63) is 39.9 Å². The molecule has 5 nitrogen and oxygen atoms in total. The number of nitriles is 1. The molecule has 0 aliphatic rings. The minimum Gasteiger partial charge on any atom is -0.383 e. The molecule has 2 aromatic rings. The monoisotopic (exact) mass is 333 g/mol. The number of nitrogens with zero attached hydrogens (tertiary/aromatic N) is 3. The lowest BCUT2D eigenvalue weighted by Crippen LogP contribution is -2.06. The van der Waals surface area contributed by atoms with Crippen molar-refractivity contribution in [3.63, 3.8) is 0 Å². The van der Waals surface area contributed by atoms with Crippen LogP contribution in [-0.2, 0) is 6.54 Å². The van der Waals surface area contributed by atoms with Crippen molar-refractivity contribution >= 4 is 27.6 Å². The largest absolute Gasteiger partial charge is 0.383 e. The topological polar surface area (TPSA) is 79.7 Å². The maximum atomic E-state index is 9.18. The third-order valence-corrected chi connectivity index (χ3v) is 3.42. The summed E-state index contributed by atoms with van der Waals surface area (Å²) in [5.74, 6) is 0.956. The van der Waals surface area contributed by atoms with Crippen LogP contribution in [0.5, 0.6) is 0 Å².